The van der Waals surface area contributed by atoms with Crippen molar-refractivity contribution in [3.63, 3.8) is 0 Å². The Kier molecular flexibility index (Phi) is 6.10. The van der Waals surface area contributed by atoms with E-state index in [1.807, 2.05) is 0 Å². The van der Waals surface area contributed by atoms with Gasteiger partial charge in [0.2, 0.25) is 5.91 Å². The van der Waals surface area contributed by atoms with E-state index in [0.29, 0.717) is 17.3 Å². The molecule has 29 heavy (non-hydrogen) atoms. The van der Waals surface area contributed by atoms with Crippen molar-refractivity contribution in [3.8, 4) is 6.07 Å². The Morgan fingerprint density at radius 3 is 2.76 bits per heavy atom. The highest BCUT2D eigenvalue weighted by Gasteiger charge is 2.37. The van der Waals surface area contributed by atoms with Gasteiger partial charge < -0.3 is 15.5 Å². The van der Waals surface area contributed by atoms with E-state index in [1.165, 1.54) is 16.7 Å². The van der Waals surface area contributed by atoms with E-state index in [1.54, 1.807) is 30.5 Å². The van der Waals surface area contributed by atoms with Crippen molar-refractivity contribution in [1.82, 2.24) is 10.3 Å². The predicted octanol–water partition coefficient (Wildman–Crippen LogP) is 4.03. The molecule has 11 heteroatoms. The highest BCUT2D eigenvalue weighted by atomic mass is 35.5. The lowest BCUT2D eigenvalue weighted by Gasteiger charge is -2.29. The number of carbonyl (C=O) groups excluding carboxylic acids is 1. The number of nitrogens with zero attached hydrogens (tertiary/aromatic N) is 3. The van der Waals surface area contributed by atoms with E-state index in [4.69, 9.17) is 11.6 Å². The lowest BCUT2D eigenvalue weighted by atomic mass is 10.1. The molecule has 2 heterocycles. The number of piperazine rings is 1. The van der Waals surface area contributed by atoms with Crippen LogP contribution in [0.2, 0.25) is 5.02 Å². The Morgan fingerprint density at radius 2 is 2.14 bits per heavy atom. The summed E-state index contributed by atoms with van der Waals surface area (Å²) in [6, 6.07) is 7.31. The molecule has 0 bridgehead atoms. The molecule has 1 amide bonds. The summed E-state index contributed by atoms with van der Waals surface area (Å²) in [5, 5.41) is 15.2. The Morgan fingerprint density at radius 1 is 1.38 bits per heavy atom. The molecule has 1 aliphatic rings. The maximum absolute atomic E-state index is 13.7. The first-order valence-corrected chi connectivity index (χ1v) is 9.97. The number of nitrogens with one attached hydrogen (secondary N) is 2. The SMILES string of the molecule is CSc1ccc(Cl)cc1Nc1nc(N2CCNC(=O)C2)cc(C(F)(F)F)c1C#N. The molecule has 3 rings (SSSR count). The summed E-state index contributed by atoms with van der Waals surface area (Å²) in [5.41, 5.74) is -1.32. The molecule has 1 aromatic heterocycles. The van der Waals surface area contributed by atoms with Crippen LogP contribution in [0.3, 0.4) is 0 Å². The molecule has 0 radical (unpaired) electrons. The van der Waals surface area contributed by atoms with Crippen LogP contribution in [0.4, 0.5) is 30.5 Å². The van der Waals surface area contributed by atoms with E-state index in [2.05, 4.69) is 15.6 Å². The zero-order chi connectivity index (χ0) is 21.2. The molecule has 2 N–H and O–H groups in total. The lowest BCUT2D eigenvalue weighted by Crippen LogP contribution is -2.48. The standard InChI is InChI=1S/C18H15ClF3N5OS/c1-29-14-3-2-10(19)6-13(14)25-17-11(8-23)12(18(20,21)22)7-15(26-17)27-5-4-24-16(28)9-27/h2-3,6-7H,4-5,9H2,1H3,(H,24,28)(H,25,26). The summed E-state index contributed by atoms with van der Waals surface area (Å²) >= 11 is 7.38. The first-order chi connectivity index (χ1) is 13.7. The lowest BCUT2D eigenvalue weighted by molar-refractivity contribution is -0.137. The number of benzene rings is 1. The minimum absolute atomic E-state index is 0.0404. The molecule has 1 saturated heterocycles. The van der Waals surface area contributed by atoms with Crippen LogP contribution in [0, 0.1) is 11.3 Å². The highest BCUT2D eigenvalue weighted by Crippen LogP contribution is 2.38. The average Bonchev–Trinajstić information content (AvgIpc) is 2.67. The fourth-order valence-corrected chi connectivity index (χ4v) is 3.57. The molecule has 0 unspecified atom stereocenters. The summed E-state index contributed by atoms with van der Waals surface area (Å²) < 4.78 is 41.0. The maximum atomic E-state index is 13.7. The molecule has 6 nitrogen and oxygen atoms in total. The van der Waals surface area contributed by atoms with Crippen molar-refractivity contribution in [2.75, 3.05) is 36.1 Å². The number of alkyl halides is 3. The van der Waals surface area contributed by atoms with Gasteiger partial charge in [-0.1, -0.05) is 11.6 Å². The molecule has 1 aromatic carbocycles. The minimum atomic E-state index is -4.77. The van der Waals surface area contributed by atoms with Gasteiger partial charge >= 0.3 is 6.18 Å². The van der Waals surface area contributed by atoms with E-state index in [9.17, 15) is 23.2 Å². The number of anilines is 3. The van der Waals surface area contributed by atoms with Gasteiger partial charge in [0.25, 0.3) is 0 Å². The van der Waals surface area contributed by atoms with Gasteiger partial charge in [-0.25, -0.2) is 4.98 Å². The van der Waals surface area contributed by atoms with Crippen LogP contribution in [0.1, 0.15) is 11.1 Å². The number of carbonyl (C=O) groups is 1. The predicted molar refractivity (Wildman–Crippen MR) is 106 cm³/mol. The number of aromatic nitrogens is 1. The fourth-order valence-electron chi connectivity index (χ4n) is 2.86. The quantitative estimate of drug-likeness (QED) is 0.697. The van der Waals surface area contributed by atoms with E-state index in [-0.39, 0.29) is 30.6 Å². The normalized spacial score (nSPS) is 14.3. The largest absolute Gasteiger partial charge is 0.417 e. The molecule has 0 spiro atoms. The van der Waals surface area contributed by atoms with E-state index >= 15 is 0 Å². The Bertz CT molecular complexity index is 993. The van der Waals surface area contributed by atoms with Crippen LogP contribution in [0.5, 0.6) is 0 Å². The third kappa shape index (κ3) is 4.68. The number of hydrogen-bond donors (Lipinski definition) is 2. The Balaban J connectivity index is 2.14. The van der Waals surface area contributed by atoms with Crippen molar-refractivity contribution in [2.24, 2.45) is 0 Å². The monoisotopic (exact) mass is 441 g/mol. The van der Waals surface area contributed by atoms with Crippen LogP contribution in [0.15, 0.2) is 29.2 Å². The molecule has 0 atom stereocenters. The second kappa shape index (κ2) is 8.39. The third-order valence-electron chi connectivity index (χ3n) is 4.20. The van der Waals surface area contributed by atoms with E-state index in [0.717, 1.165) is 11.0 Å². The Hall–Kier alpha value is -2.64. The summed E-state index contributed by atoms with van der Waals surface area (Å²) in [6.45, 7) is 0.465. The summed E-state index contributed by atoms with van der Waals surface area (Å²) in [4.78, 5) is 18.1. The topological polar surface area (TPSA) is 81.1 Å². The van der Waals surface area contributed by atoms with Gasteiger partial charge in [0.05, 0.1) is 17.8 Å². The summed E-state index contributed by atoms with van der Waals surface area (Å²) in [5.74, 6) is -0.604. The second-order valence-electron chi connectivity index (χ2n) is 6.10. The number of rotatable bonds is 4. The number of amides is 1. The number of thioether (sulfide) groups is 1. The van der Waals surface area contributed by atoms with Crippen LogP contribution < -0.4 is 15.5 Å². The third-order valence-corrected chi connectivity index (χ3v) is 5.23. The van der Waals surface area contributed by atoms with Crippen molar-refractivity contribution in [3.05, 3.63) is 40.4 Å². The van der Waals surface area contributed by atoms with Crippen LogP contribution in [-0.2, 0) is 11.0 Å². The number of nitriles is 1. The Labute approximate surface area is 174 Å². The zero-order valence-electron chi connectivity index (χ0n) is 15.1. The van der Waals surface area contributed by atoms with Gasteiger partial charge in [-0.05, 0) is 30.5 Å². The number of hydrogen-bond acceptors (Lipinski definition) is 6. The molecule has 0 saturated carbocycles. The molecule has 1 aliphatic heterocycles. The minimum Gasteiger partial charge on any atom is -0.353 e. The molecular formula is C18H15ClF3N5OS. The molecule has 1 fully saturated rings. The summed E-state index contributed by atoms with van der Waals surface area (Å²) in [6.07, 6.45) is -2.97. The smallest absolute Gasteiger partial charge is 0.353 e. The second-order valence-corrected chi connectivity index (χ2v) is 7.39. The number of halogens is 4. The molecule has 0 aliphatic carbocycles. The van der Waals surface area contributed by atoms with Crippen molar-refractivity contribution < 1.29 is 18.0 Å². The van der Waals surface area contributed by atoms with Gasteiger partial charge in [0.1, 0.15) is 17.5 Å². The van der Waals surface area contributed by atoms with Crippen molar-refractivity contribution in [2.45, 2.75) is 11.1 Å². The van der Waals surface area contributed by atoms with Crippen molar-refractivity contribution >= 4 is 46.6 Å². The van der Waals surface area contributed by atoms with Crippen LogP contribution in [0.25, 0.3) is 0 Å². The highest BCUT2D eigenvalue weighted by molar-refractivity contribution is 7.98. The molecular weight excluding hydrogens is 427 g/mol. The fraction of sp³-hybridized carbons (Fsp3) is 0.278. The average molecular weight is 442 g/mol. The molecule has 2 aromatic rings. The maximum Gasteiger partial charge on any atom is 0.417 e. The summed E-state index contributed by atoms with van der Waals surface area (Å²) in [7, 11) is 0. The van der Waals surface area contributed by atoms with Gasteiger partial charge in [0, 0.05) is 23.0 Å². The van der Waals surface area contributed by atoms with Gasteiger partial charge in [-0.2, -0.15) is 18.4 Å². The van der Waals surface area contributed by atoms with Gasteiger partial charge in [-0.3, -0.25) is 4.79 Å². The number of pyridine rings is 1. The van der Waals surface area contributed by atoms with Crippen LogP contribution in [-0.4, -0.2) is 36.8 Å². The van der Waals surface area contributed by atoms with Crippen LogP contribution >= 0.6 is 23.4 Å². The zero-order valence-corrected chi connectivity index (χ0v) is 16.7. The van der Waals surface area contributed by atoms with E-state index < -0.39 is 17.3 Å². The van der Waals surface area contributed by atoms with Gasteiger partial charge in [0.15, 0.2) is 5.82 Å². The first kappa shape index (κ1) is 21.1. The van der Waals surface area contributed by atoms with Crippen molar-refractivity contribution in [1.29, 1.82) is 5.26 Å². The molecule has 152 valence electrons. The van der Waals surface area contributed by atoms with Gasteiger partial charge in [-0.15, -0.1) is 11.8 Å². The first-order valence-electron chi connectivity index (χ1n) is 8.37.